The van der Waals surface area contributed by atoms with Gasteiger partial charge in [-0.25, -0.2) is 9.78 Å². The summed E-state index contributed by atoms with van der Waals surface area (Å²) in [6, 6.07) is 9.97. The number of carboxylic acids is 1. The summed E-state index contributed by atoms with van der Waals surface area (Å²) in [5.74, 6) is -1.29. The first-order chi connectivity index (χ1) is 11.7. The molecule has 2 aromatic carbocycles. The van der Waals surface area contributed by atoms with Crippen LogP contribution in [0.4, 0.5) is 13.2 Å². The fourth-order valence-corrected chi connectivity index (χ4v) is 2.73. The Balaban J connectivity index is 2.31. The fraction of sp³-hybridized carbons (Fsp3) is 0.158. The van der Waals surface area contributed by atoms with Gasteiger partial charge in [0.05, 0.1) is 22.3 Å². The zero-order valence-corrected chi connectivity index (χ0v) is 13.5. The van der Waals surface area contributed by atoms with Gasteiger partial charge in [0.15, 0.2) is 0 Å². The van der Waals surface area contributed by atoms with Crippen LogP contribution in [0.3, 0.4) is 0 Å². The van der Waals surface area contributed by atoms with Crippen molar-refractivity contribution in [3.05, 3.63) is 64.7 Å². The zero-order chi connectivity index (χ0) is 18.4. The number of aryl methyl sites for hydroxylation is 2. The Morgan fingerprint density at radius 2 is 1.76 bits per heavy atom. The predicted octanol–water partition coefficient (Wildman–Crippen LogP) is 5.24. The SMILES string of the molecule is Cc1ccc(C)c(-c2cc(C(=O)O)c3cc(C(F)(F)F)ccc3n2)c1. The monoisotopic (exact) mass is 345 g/mol. The normalized spacial score (nSPS) is 11.7. The topological polar surface area (TPSA) is 50.2 Å². The molecule has 0 radical (unpaired) electrons. The summed E-state index contributed by atoms with van der Waals surface area (Å²) < 4.78 is 38.8. The van der Waals surface area contributed by atoms with Gasteiger partial charge < -0.3 is 5.11 Å². The van der Waals surface area contributed by atoms with Crippen molar-refractivity contribution in [2.45, 2.75) is 20.0 Å². The molecule has 0 fully saturated rings. The summed E-state index contributed by atoms with van der Waals surface area (Å²) in [7, 11) is 0. The van der Waals surface area contributed by atoms with Crippen LogP contribution in [0, 0.1) is 13.8 Å². The third kappa shape index (κ3) is 3.20. The van der Waals surface area contributed by atoms with E-state index in [1.807, 2.05) is 32.0 Å². The van der Waals surface area contributed by atoms with Crippen molar-refractivity contribution >= 4 is 16.9 Å². The Hall–Kier alpha value is -2.89. The Labute approximate surface area is 141 Å². The van der Waals surface area contributed by atoms with Gasteiger partial charge in [-0.2, -0.15) is 13.2 Å². The van der Waals surface area contributed by atoms with Crippen LogP contribution in [0.5, 0.6) is 0 Å². The van der Waals surface area contributed by atoms with Gasteiger partial charge in [-0.1, -0.05) is 17.7 Å². The van der Waals surface area contributed by atoms with Gasteiger partial charge in [0, 0.05) is 10.9 Å². The lowest BCUT2D eigenvalue weighted by molar-refractivity contribution is -0.137. The molecule has 0 aliphatic heterocycles. The quantitative estimate of drug-likeness (QED) is 0.691. The van der Waals surface area contributed by atoms with Crippen molar-refractivity contribution < 1.29 is 23.1 Å². The third-order valence-electron chi connectivity index (χ3n) is 4.04. The average Bonchev–Trinajstić information content (AvgIpc) is 2.54. The number of carbonyl (C=O) groups is 1. The van der Waals surface area contributed by atoms with Gasteiger partial charge >= 0.3 is 12.1 Å². The molecule has 0 atom stereocenters. The van der Waals surface area contributed by atoms with E-state index in [0.29, 0.717) is 5.69 Å². The minimum absolute atomic E-state index is 0.0311. The van der Waals surface area contributed by atoms with Gasteiger partial charge in [-0.05, 0) is 49.7 Å². The molecule has 1 aromatic heterocycles. The lowest BCUT2D eigenvalue weighted by Crippen LogP contribution is -2.06. The van der Waals surface area contributed by atoms with Gasteiger partial charge in [-0.3, -0.25) is 0 Å². The summed E-state index contributed by atoms with van der Waals surface area (Å²) in [5.41, 5.74) is 2.17. The summed E-state index contributed by atoms with van der Waals surface area (Å²) in [6.07, 6.45) is -4.55. The van der Waals surface area contributed by atoms with E-state index in [9.17, 15) is 23.1 Å². The number of pyridine rings is 1. The van der Waals surface area contributed by atoms with Crippen molar-refractivity contribution in [3.8, 4) is 11.3 Å². The molecule has 0 aliphatic rings. The molecule has 0 amide bonds. The smallest absolute Gasteiger partial charge is 0.416 e. The van der Waals surface area contributed by atoms with Crippen LogP contribution in [0.25, 0.3) is 22.2 Å². The molecule has 1 heterocycles. The molecule has 1 N–H and O–H groups in total. The molecule has 0 saturated heterocycles. The number of aromatic carboxylic acids is 1. The first-order valence-corrected chi connectivity index (χ1v) is 7.50. The average molecular weight is 345 g/mol. The first kappa shape index (κ1) is 17.0. The van der Waals surface area contributed by atoms with Crippen molar-refractivity contribution in [2.24, 2.45) is 0 Å². The molecule has 25 heavy (non-hydrogen) atoms. The van der Waals surface area contributed by atoms with Crippen molar-refractivity contribution in [3.63, 3.8) is 0 Å². The third-order valence-corrected chi connectivity index (χ3v) is 4.04. The maximum absolute atomic E-state index is 12.9. The van der Waals surface area contributed by atoms with Crippen LogP contribution in [0.15, 0.2) is 42.5 Å². The first-order valence-electron chi connectivity index (χ1n) is 7.50. The van der Waals surface area contributed by atoms with Crippen LogP contribution in [0.2, 0.25) is 0 Å². The number of halogens is 3. The molecule has 3 nitrogen and oxygen atoms in total. The van der Waals surface area contributed by atoms with Gasteiger partial charge in [0.1, 0.15) is 0 Å². The molecule has 3 rings (SSSR count). The maximum Gasteiger partial charge on any atom is 0.416 e. The molecule has 0 bridgehead atoms. The van der Waals surface area contributed by atoms with Crippen molar-refractivity contribution in [1.29, 1.82) is 0 Å². The van der Waals surface area contributed by atoms with Crippen LogP contribution >= 0.6 is 0 Å². The van der Waals surface area contributed by atoms with Gasteiger partial charge in [0.2, 0.25) is 0 Å². The highest BCUT2D eigenvalue weighted by Crippen LogP contribution is 2.34. The van der Waals surface area contributed by atoms with Crippen LogP contribution in [0.1, 0.15) is 27.0 Å². The summed E-state index contributed by atoms with van der Waals surface area (Å²) in [4.78, 5) is 16.0. The number of hydrogen-bond donors (Lipinski definition) is 1. The highest BCUT2D eigenvalue weighted by atomic mass is 19.4. The maximum atomic E-state index is 12.9. The molecule has 0 aliphatic carbocycles. The molecule has 0 saturated carbocycles. The van der Waals surface area contributed by atoms with E-state index < -0.39 is 17.7 Å². The second-order valence-corrected chi connectivity index (χ2v) is 5.91. The number of hydrogen-bond acceptors (Lipinski definition) is 2. The number of aromatic nitrogens is 1. The molecule has 0 spiro atoms. The number of rotatable bonds is 2. The minimum atomic E-state index is -4.55. The van der Waals surface area contributed by atoms with E-state index in [1.54, 1.807) is 0 Å². The van der Waals surface area contributed by atoms with E-state index in [4.69, 9.17) is 0 Å². The Morgan fingerprint density at radius 3 is 2.40 bits per heavy atom. The van der Waals surface area contributed by atoms with Crippen LogP contribution < -0.4 is 0 Å². The van der Waals surface area contributed by atoms with Gasteiger partial charge in [-0.15, -0.1) is 0 Å². The van der Waals surface area contributed by atoms with E-state index in [1.165, 1.54) is 12.1 Å². The summed E-state index contributed by atoms with van der Waals surface area (Å²) >= 11 is 0. The molecular weight excluding hydrogens is 331 g/mol. The lowest BCUT2D eigenvalue weighted by Gasteiger charge is -2.12. The molecule has 0 unspecified atom stereocenters. The van der Waals surface area contributed by atoms with E-state index in [0.717, 1.165) is 28.8 Å². The largest absolute Gasteiger partial charge is 0.478 e. The number of alkyl halides is 3. The standard InChI is InChI=1S/C19H14F3NO2/c1-10-3-4-11(2)13(7-10)17-9-15(18(24)25)14-8-12(19(20,21)22)5-6-16(14)23-17/h3-9H,1-2H3,(H,24,25). The summed E-state index contributed by atoms with van der Waals surface area (Å²) in [5, 5.41) is 9.43. The van der Waals surface area contributed by atoms with Crippen LogP contribution in [-0.2, 0) is 6.18 Å². The fourth-order valence-electron chi connectivity index (χ4n) is 2.73. The highest BCUT2D eigenvalue weighted by Gasteiger charge is 2.31. The number of benzene rings is 2. The summed E-state index contributed by atoms with van der Waals surface area (Å²) in [6.45, 7) is 3.77. The number of fused-ring (bicyclic) bond motifs is 1. The Kier molecular flexibility index (Phi) is 3.99. The predicted molar refractivity (Wildman–Crippen MR) is 88.6 cm³/mol. The zero-order valence-electron chi connectivity index (χ0n) is 13.5. The molecule has 128 valence electrons. The molecular formula is C19H14F3NO2. The molecule has 3 aromatic rings. The lowest BCUT2D eigenvalue weighted by atomic mass is 9.98. The van der Waals surface area contributed by atoms with Crippen LogP contribution in [-0.4, -0.2) is 16.1 Å². The second-order valence-electron chi connectivity index (χ2n) is 5.91. The molecule has 6 heteroatoms. The van der Waals surface area contributed by atoms with Crippen molar-refractivity contribution in [1.82, 2.24) is 4.98 Å². The van der Waals surface area contributed by atoms with E-state index >= 15 is 0 Å². The number of nitrogens with zero attached hydrogens (tertiary/aromatic N) is 1. The van der Waals surface area contributed by atoms with Crippen molar-refractivity contribution in [2.75, 3.05) is 0 Å². The van der Waals surface area contributed by atoms with E-state index in [2.05, 4.69) is 4.98 Å². The number of carboxylic acid groups (broad SMARTS) is 1. The second kappa shape index (κ2) is 5.88. The highest BCUT2D eigenvalue weighted by molar-refractivity contribution is 6.04. The van der Waals surface area contributed by atoms with Gasteiger partial charge in [0.25, 0.3) is 0 Å². The Bertz CT molecular complexity index is 994. The Morgan fingerprint density at radius 1 is 1.04 bits per heavy atom. The van der Waals surface area contributed by atoms with E-state index in [-0.39, 0.29) is 16.5 Å². The minimum Gasteiger partial charge on any atom is -0.478 e.